The molecule has 1 atom stereocenters. The standard InChI is InChI=1S/C18H16FNO3S/c19-16-5-7-17(8-6-16)20-10-14(11-21)9-18(20)15-3-1-13(2-4-15)12-24(22)23/h1-10,21H,11-12H2,(H,22,23)/p-1. The molecule has 0 fully saturated rings. The van der Waals surface area contributed by atoms with Gasteiger partial charge in [0.15, 0.2) is 0 Å². The van der Waals surface area contributed by atoms with Crippen molar-refractivity contribution in [2.75, 3.05) is 0 Å². The van der Waals surface area contributed by atoms with Gasteiger partial charge in [-0.3, -0.25) is 4.21 Å². The van der Waals surface area contributed by atoms with Gasteiger partial charge in [-0.25, -0.2) is 4.39 Å². The molecule has 0 amide bonds. The van der Waals surface area contributed by atoms with Gasteiger partial charge >= 0.3 is 0 Å². The molecule has 0 spiro atoms. The lowest BCUT2D eigenvalue weighted by atomic mass is 10.1. The largest absolute Gasteiger partial charge is 0.772 e. The molecule has 1 N–H and O–H groups in total. The predicted molar refractivity (Wildman–Crippen MR) is 89.7 cm³/mol. The van der Waals surface area contributed by atoms with E-state index in [1.54, 1.807) is 30.5 Å². The van der Waals surface area contributed by atoms with Crippen molar-refractivity contribution in [3.05, 3.63) is 77.7 Å². The molecule has 24 heavy (non-hydrogen) atoms. The molecule has 3 aromatic rings. The average molecular weight is 344 g/mol. The molecular formula is C18H15FNO3S-. The van der Waals surface area contributed by atoms with Crippen LogP contribution in [0.2, 0.25) is 0 Å². The molecule has 124 valence electrons. The number of nitrogens with zero attached hydrogens (tertiary/aromatic N) is 1. The number of aromatic nitrogens is 1. The van der Waals surface area contributed by atoms with E-state index in [1.807, 2.05) is 22.8 Å². The number of benzene rings is 2. The van der Waals surface area contributed by atoms with Crippen LogP contribution in [-0.2, 0) is 23.4 Å². The third kappa shape index (κ3) is 3.62. The summed E-state index contributed by atoms with van der Waals surface area (Å²) in [5.41, 5.74) is 3.92. The molecule has 0 saturated heterocycles. The van der Waals surface area contributed by atoms with E-state index in [2.05, 4.69) is 0 Å². The SMILES string of the molecule is O=S([O-])Cc1ccc(-c2cc(CO)cn2-c2ccc(F)cc2)cc1. The Kier molecular flexibility index (Phi) is 4.89. The maximum atomic E-state index is 13.1. The van der Waals surface area contributed by atoms with Crippen LogP contribution in [0.5, 0.6) is 0 Å². The summed E-state index contributed by atoms with van der Waals surface area (Å²) >= 11 is -2.13. The highest BCUT2D eigenvalue weighted by Crippen LogP contribution is 2.27. The fourth-order valence-electron chi connectivity index (χ4n) is 2.55. The smallest absolute Gasteiger partial charge is 0.123 e. The molecule has 0 saturated carbocycles. The Labute approximate surface area is 141 Å². The van der Waals surface area contributed by atoms with Crippen LogP contribution in [0.4, 0.5) is 4.39 Å². The number of hydrogen-bond donors (Lipinski definition) is 1. The van der Waals surface area contributed by atoms with Crippen molar-refractivity contribution in [2.45, 2.75) is 12.4 Å². The molecule has 1 heterocycles. The second-order valence-electron chi connectivity index (χ2n) is 5.38. The minimum Gasteiger partial charge on any atom is -0.772 e. The highest BCUT2D eigenvalue weighted by molar-refractivity contribution is 7.78. The van der Waals surface area contributed by atoms with Crippen molar-refractivity contribution in [3.8, 4) is 16.9 Å². The minimum absolute atomic E-state index is 0.0266. The second-order valence-corrected chi connectivity index (χ2v) is 6.28. The fourth-order valence-corrected chi connectivity index (χ4v) is 3.01. The summed E-state index contributed by atoms with van der Waals surface area (Å²) in [4.78, 5) is 0. The maximum absolute atomic E-state index is 13.1. The lowest BCUT2D eigenvalue weighted by Gasteiger charge is -2.11. The zero-order chi connectivity index (χ0) is 17.1. The summed E-state index contributed by atoms with van der Waals surface area (Å²) in [7, 11) is 0. The first kappa shape index (κ1) is 16.6. The fraction of sp³-hybridized carbons (Fsp3) is 0.111. The van der Waals surface area contributed by atoms with Crippen LogP contribution in [0.15, 0.2) is 60.8 Å². The molecule has 4 nitrogen and oxygen atoms in total. The Hall–Kier alpha value is -2.28. The third-order valence-electron chi connectivity index (χ3n) is 3.70. The average Bonchev–Trinajstić information content (AvgIpc) is 3.00. The van der Waals surface area contributed by atoms with Gasteiger partial charge in [0.25, 0.3) is 0 Å². The highest BCUT2D eigenvalue weighted by atomic mass is 32.2. The molecule has 0 aliphatic heterocycles. The number of hydrogen-bond acceptors (Lipinski definition) is 3. The van der Waals surface area contributed by atoms with Crippen LogP contribution in [0.3, 0.4) is 0 Å². The van der Waals surface area contributed by atoms with E-state index >= 15 is 0 Å². The molecule has 1 aromatic heterocycles. The first-order valence-electron chi connectivity index (χ1n) is 7.30. The van der Waals surface area contributed by atoms with Gasteiger partial charge in [-0.2, -0.15) is 0 Å². The minimum atomic E-state index is -2.13. The molecule has 3 rings (SSSR count). The van der Waals surface area contributed by atoms with Crippen molar-refractivity contribution in [3.63, 3.8) is 0 Å². The first-order valence-corrected chi connectivity index (χ1v) is 8.54. The van der Waals surface area contributed by atoms with Crippen molar-refractivity contribution >= 4 is 11.1 Å². The molecule has 2 aromatic carbocycles. The summed E-state index contributed by atoms with van der Waals surface area (Å²) < 4.78 is 36.6. The topological polar surface area (TPSA) is 65.3 Å². The van der Waals surface area contributed by atoms with Crippen LogP contribution in [0, 0.1) is 5.82 Å². The number of aliphatic hydroxyl groups excluding tert-OH is 1. The van der Waals surface area contributed by atoms with E-state index in [0.717, 1.165) is 22.5 Å². The van der Waals surface area contributed by atoms with Crippen molar-refractivity contribution in [1.82, 2.24) is 4.57 Å². The van der Waals surface area contributed by atoms with E-state index in [4.69, 9.17) is 0 Å². The zero-order valence-corrected chi connectivity index (χ0v) is 13.5. The Bertz CT molecular complexity index is 857. The predicted octanol–water partition coefficient (Wildman–Crippen LogP) is 3.15. The molecule has 0 aliphatic rings. The molecule has 0 bridgehead atoms. The van der Waals surface area contributed by atoms with Gasteiger partial charge in [-0.15, -0.1) is 0 Å². The monoisotopic (exact) mass is 344 g/mol. The third-order valence-corrected chi connectivity index (χ3v) is 4.27. The maximum Gasteiger partial charge on any atom is 0.123 e. The summed E-state index contributed by atoms with van der Waals surface area (Å²) in [5, 5.41) is 9.41. The van der Waals surface area contributed by atoms with Crippen LogP contribution >= 0.6 is 0 Å². The number of rotatable bonds is 5. The van der Waals surface area contributed by atoms with Crippen LogP contribution in [-0.4, -0.2) is 18.4 Å². The van der Waals surface area contributed by atoms with Crippen molar-refractivity contribution in [2.24, 2.45) is 0 Å². The van der Waals surface area contributed by atoms with Gasteiger partial charge in [0.05, 0.1) is 12.3 Å². The Morgan fingerprint density at radius 3 is 2.29 bits per heavy atom. The Balaban J connectivity index is 2.02. The van der Waals surface area contributed by atoms with Gasteiger partial charge in [0.2, 0.25) is 0 Å². The van der Waals surface area contributed by atoms with Gasteiger partial charge in [0, 0.05) is 17.6 Å². The lowest BCUT2D eigenvalue weighted by Crippen LogP contribution is -1.96. The Morgan fingerprint density at radius 2 is 1.71 bits per heavy atom. The van der Waals surface area contributed by atoms with E-state index in [1.165, 1.54) is 12.1 Å². The summed E-state index contributed by atoms with van der Waals surface area (Å²) in [6.07, 6.45) is 1.79. The summed E-state index contributed by atoms with van der Waals surface area (Å²) in [5.74, 6) is -0.342. The molecular weight excluding hydrogens is 329 g/mol. The molecule has 6 heteroatoms. The first-order chi connectivity index (χ1) is 11.6. The molecule has 0 radical (unpaired) electrons. The quantitative estimate of drug-likeness (QED) is 0.723. The van der Waals surface area contributed by atoms with E-state index in [9.17, 15) is 18.3 Å². The molecule has 1 unspecified atom stereocenters. The van der Waals surface area contributed by atoms with Crippen molar-refractivity contribution in [1.29, 1.82) is 0 Å². The molecule has 0 aliphatic carbocycles. The zero-order valence-electron chi connectivity index (χ0n) is 12.7. The van der Waals surface area contributed by atoms with Gasteiger partial charge < -0.3 is 14.2 Å². The Morgan fingerprint density at radius 1 is 1.04 bits per heavy atom. The van der Waals surface area contributed by atoms with Gasteiger partial charge in [0.1, 0.15) is 5.82 Å². The highest BCUT2D eigenvalue weighted by Gasteiger charge is 2.10. The second kappa shape index (κ2) is 7.09. The van der Waals surface area contributed by atoms with Crippen LogP contribution < -0.4 is 0 Å². The van der Waals surface area contributed by atoms with Crippen LogP contribution in [0.1, 0.15) is 11.1 Å². The van der Waals surface area contributed by atoms with Gasteiger partial charge in [-0.1, -0.05) is 35.3 Å². The van der Waals surface area contributed by atoms with E-state index in [-0.39, 0.29) is 18.2 Å². The van der Waals surface area contributed by atoms with Crippen molar-refractivity contribution < 1.29 is 18.3 Å². The number of halogens is 1. The lowest BCUT2D eigenvalue weighted by molar-refractivity contribution is 0.282. The van der Waals surface area contributed by atoms with E-state index in [0.29, 0.717) is 5.56 Å². The van der Waals surface area contributed by atoms with Gasteiger partial charge in [-0.05, 0) is 47.0 Å². The van der Waals surface area contributed by atoms with Crippen LogP contribution in [0.25, 0.3) is 16.9 Å². The number of aliphatic hydroxyl groups is 1. The summed E-state index contributed by atoms with van der Waals surface area (Å²) in [6, 6.07) is 15.1. The van der Waals surface area contributed by atoms with E-state index < -0.39 is 11.1 Å². The summed E-state index contributed by atoms with van der Waals surface area (Å²) in [6.45, 7) is -0.103. The normalized spacial score (nSPS) is 12.3.